The summed E-state index contributed by atoms with van der Waals surface area (Å²) in [5.41, 5.74) is 0.639. The van der Waals surface area contributed by atoms with Gasteiger partial charge in [-0.25, -0.2) is 8.78 Å². The van der Waals surface area contributed by atoms with Crippen LogP contribution in [-0.4, -0.2) is 25.2 Å². The molecule has 1 saturated heterocycles. The van der Waals surface area contributed by atoms with Gasteiger partial charge in [0.2, 0.25) is 0 Å². The molecular weight excluding hydrogens is 258 g/mol. The van der Waals surface area contributed by atoms with Crippen LogP contribution in [0.3, 0.4) is 0 Å². The van der Waals surface area contributed by atoms with E-state index in [1.165, 1.54) is 12.1 Å². The largest absolute Gasteiger partial charge is 0.361 e. The summed E-state index contributed by atoms with van der Waals surface area (Å²) < 4.78 is 28.5. The topological polar surface area (TPSA) is 15.3 Å². The van der Waals surface area contributed by atoms with Gasteiger partial charge < -0.3 is 10.2 Å². The fourth-order valence-corrected chi connectivity index (χ4v) is 2.81. The molecule has 4 heteroatoms. The van der Waals surface area contributed by atoms with Gasteiger partial charge in [0.25, 0.3) is 0 Å². The highest BCUT2D eigenvalue weighted by Crippen LogP contribution is 2.30. The van der Waals surface area contributed by atoms with E-state index in [0.29, 0.717) is 18.0 Å². The van der Waals surface area contributed by atoms with E-state index in [1.54, 1.807) is 6.92 Å². The fourth-order valence-electron chi connectivity index (χ4n) is 2.81. The number of rotatable bonds is 3. The summed E-state index contributed by atoms with van der Waals surface area (Å²) in [6, 6.07) is 3.26. The first kappa shape index (κ1) is 15.2. The van der Waals surface area contributed by atoms with Gasteiger partial charge in [-0.2, -0.15) is 0 Å². The van der Waals surface area contributed by atoms with Crippen molar-refractivity contribution in [1.82, 2.24) is 5.32 Å². The minimum atomic E-state index is -0.462. The second-order valence-electron chi connectivity index (χ2n) is 6.00. The molecule has 0 aliphatic carbocycles. The van der Waals surface area contributed by atoms with Crippen LogP contribution in [0.4, 0.5) is 14.5 Å². The maximum atomic E-state index is 14.4. The number of aryl methyl sites for hydroxylation is 1. The first-order chi connectivity index (χ1) is 9.45. The Bertz CT molecular complexity index is 474. The van der Waals surface area contributed by atoms with Gasteiger partial charge >= 0.3 is 0 Å². The van der Waals surface area contributed by atoms with Crippen molar-refractivity contribution in [2.24, 2.45) is 5.92 Å². The number of anilines is 1. The summed E-state index contributed by atoms with van der Waals surface area (Å²) in [4.78, 5) is 1.92. The number of nitrogens with zero attached hydrogens (tertiary/aromatic N) is 1. The molecule has 2 nitrogen and oxygen atoms in total. The first-order valence-electron chi connectivity index (χ1n) is 7.40. The Hall–Kier alpha value is -1.16. The normalized spacial score (nSPS) is 23.4. The molecule has 0 amide bonds. The number of halogens is 2. The van der Waals surface area contributed by atoms with Gasteiger partial charge in [-0.1, -0.05) is 26.8 Å². The molecule has 0 spiro atoms. The molecule has 2 unspecified atom stereocenters. The van der Waals surface area contributed by atoms with Gasteiger partial charge in [-0.3, -0.25) is 0 Å². The van der Waals surface area contributed by atoms with E-state index in [1.807, 2.05) is 4.90 Å². The maximum absolute atomic E-state index is 14.4. The molecule has 1 N–H and O–H groups in total. The third-order valence-electron chi connectivity index (χ3n) is 4.27. The lowest BCUT2D eigenvalue weighted by Gasteiger charge is -2.43. The number of hydrogen-bond acceptors (Lipinski definition) is 2. The lowest BCUT2D eigenvalue weighted by atomic mass is 9.97. The third-order valence-corrected chi connectivity index (χ3v) is 4.27. The van der Waals surface area contributed by atoms with Crippen LogP contribution < -0.4 is 10.2 Å². The van der Waals surface area contributed by atoms with Gasteiger partial charge in [0.1, 0.15) is 11.5 Å². The van der Waals surface area contributed by atoms with Crippen molar-refractivity contribution < 1.29 is 8.78 Å². The predicted molar refractivity (Wildman–Crippen MR) is 79.1 cm³/mol. The maximum Gasteiger partial charge on any atom is 0.152 e. The Balaban J connectivity index is 2.39. The molecule has 1 aromatic rings. The molecule has 0 radical (unpaired) electrons. The lowest BCUT2D eigenvalue weighted by Crippen LogP contribution is -2.58. The highest BCUT2D eigenvalue weighted by molar-refractivity contribution is 5.53. The fraction of sp³-hybridized carbons (Fsp3) is 0.625. The van der Waals surface area contributed by atoms with Crippen LogP contribution in [0.5, 0.6) is 0 Å². The molecule has 20 heavy (non-hydrogen) atoms. The zero-order chi connectivity index (χ0) is 14.9. The van der Waals surface area contributed by atoms with Crippen LogP contribution in [0.25, 0.3) is 0 Å². The summed E-state index contributed by atoms with van der Waals surface area (Å²) >= 11 is 0. The van der Waals surface area contributed by atoms with E-state index in [0.717, 1.165) is 13.0 Å². The monoisotopic (exact) mass is 282 g/mol. The first-order valence-corrected chi connectivity index (χ1v) is 7.40. The predicted octanol–water partition coefficient (Wildman–Crippen LogP) is 3.49. The quantitative estimate of drug-likeness (QED) is 0.913. The SMILES string of the molecule is CCC1CNC(C(C)C)CN1c1c(F)ccc(C)c1F. The van der Waals surface area contributed by atoms with Gasteiger partial charge in [-0.15, -0.1) is 0 Å². The molecular formula is C16H24F2N2. The second-order valence-corrected chi connectivity index (χ2v) is 6.00. The Morgan fingerprint density at radius 3 is 2.65 bits per heavy atom. The van der Waals surface area contributed by atoms with Crippen LogP contribution >= 0.6 is 0 Å². The lowest BCUT2D eigenvalue weighted by molar-refractivity contribution is 0.321. The summed E-state index contributed by atoms with van der Waals surface area (Å²) in [6.45, 7) is 9.41. The van der Waals surface area contributed by atoms with Crippen LogP contribution in [0.15, 0.2) is 12.1 Å². The zero-order valence-corrected chi connectivity index (χ0v) is 12.7. The molecule has 1 aliphatic rings. The minimum Gasteiger partial charge on any atom is -0.361 e. The van der Waals surface area contributed by atoms with E-state index in [4.69, 9.17) is 0 Å². The van der Waals surface area contributed by atoms with Crippen molar-refractivity contribution in [1.29, 1.82) is 0 Å². The Morgan fingerprint density at radius 1 is 1.35 bits per heavy atom. The average molecular weight is 282 g/mol. The summed E-state index contributed by atoms with van der Waals surface area (Å²) in [5.74, 6) is -0.449. The molecule has 2 rings (SSSR count). The van der Waals surface area contributed by atoms with Crippen molar-refractivity contribution in [3.8, 4) is 0 Å². The van der Waals surface area contributed by atoms with Crippen LogP contribution in [0.2, 0.25) is 0 Å². The molecule has 2 atom stereocenters. The van der Waals surface area contributed by atoms with Gasteiger partial charge in [0.15, 0.2) is 5.82 Å². The third kappa shape index (κ3) is 2.80. The molecule has 0 bridgehead atoms. The van der Waals surface area contributed by atoms with Crippen molar-refractivity contribution in [3.63, 3.8) is 0 Å². The number of nitrogens with one attached hydrogen (secondary N) is 1. The van der Waals surface area contributed by atoms with Crippen molar-refractivity contribution >= 4 is 5.69 Å². The molecule has 112 valence electrons. The van der Waals surface area contributed by atoms with Crippen molar-refractivity contribution in [3.05, 3.63) is 29.3 Å². The second kappa shape index (κ2) is 6.08. The van der Waals surface area contributed by atoms with E-state index < -0.39 is 11.6 Å². The van der Waals surface area contributed by atoms with Crippen LogP contribution in [0, 0.1) is 24.5 Å². The summed E-state index contributed by atoms with van der Waals surface area (Å²) in [5, 5.41) is 3.49. The van der Waals surface area contributed by atoms with Gasteiger partial charge in [0, 0.05) is 25.2 Å². The van der Waals surface area contributed by atoms with Gasteiger partial charge in [0.05, 0.1) is 0 Å². The zero-order valence-electron chi connectivity index (χ0n) is 12.7. The van der Waals surface area contributed by atoms with E-state index in [2.05, 4.69) is 26.1 Å². The van der Waals surface area contributed by atoms with Crippen molar-refractivity contribution in [2.45, 2.75) is 46.2 Å². The highest BCUT2D eigenvalue weighted by Gasteiger charge is 2.31. The van der Waals surface area contributed by atoms with E-state index >= 15 is 0 Å². The van der Waals surface area contributed by atoms with E-state index in [9.17, 15) is 8.78 Å². The van der Waals surface area contributed by atoms with Crippen molar-refractivity contribution in [2.75, 3.05) is 18.0 Å². The van der Waals surface area contributed by atoms with E-state index in [-0.39, 0.29) is 17.8 Å². The molecule has 1 heterocycles. The minimum absolute atomic E-state index is 0.135. The Kier molecular flexibility index (Phi) is 4.63. The number of piperazine rings is 1. The standard InChI is InChI=1S/C16H24F2N2/c1-5-12-8-19-14(10(2)3)9-20(12)16-13(17)7-6-11(4)15(16)18/h6-7,10,12,14,19H,5,8-9H2,1-4H3. The smallest absolute Gasteiger partial charge is 0.152 e. The van der Waals surface area contributed by atoms with Gasteiger partial charge in [-0.05, 0) is 30.9 Å². The Morgan fingerprint density at radius 2 is 2.05 bits per heavy atom. The summed E-state index contributed by atoms with van der Waals surface area (Å²) in [6.07, 6.45) is 0.866. The number of benzene rings is 1. The molecule has 0 saturated carbocycles. The molecule has 0 aromatic heterocycles. The molecule has 1 aromatic carbocycles. The Labute approximate surface area is 120 Å². The molecule has 1 fully saturated rings. The molecule has 1 aliphatic heterocycles. The average Bonchev–Trinajstić information content (AvgIpc) is 2.43. The summed E-state index contributed by atoms with van der Waals surface area (Å²) in [7, 11) is 0. The van der Waals surface area contributed by atoms with Crippen LogP contribution in [-0.2, 0) is 0 Å². The highest BCUT2D eigenvalue weighted by atomic mass is 19.1. The van der Waals surface area contributed by atoms with Crippen LogP contribution in [0.1, 0.15) is 32.8 Å². The number of hydrogen-bond donors (Lipinski definition) is 1.